The van der Waals surface area contributed by atoms with Gasteiger partial charge in [-0.3, -0.25) is 0 Å². The highest BCUT2D eigenvalue weighted by Gasteiger charge is 2.08. The van der Waals surface area contributed by atoms with Crippen molar-refractivity contribution in [2.45, 2.75) is 12.3 Å². The van der Waals surface area contributed by atoms with Gasteiger partial charge in [0, 0.05) is 12.3 Å². The van der Waals surface area contributed by atoms with Gasteiger partial charge in [-0.05, 0) is 21.9 Å². The van der Waals surface area contributed by atoms with E-state index in [1.165, 1.54) is 21.9 Å². The van der Waals surface area contributed by atoms with E-state index >= 15 is 0 Å². The number of nitrogens with one attached hydrogen (secondary N) is 1. The van der Waals surface area contributed by atoms with Crippen molar-refractivity contribution in [1.82, 2.24) is 5.32 Å². The van der Waals surface area contributed by atoms with Crippen LogP contribution in [0.1, 0.15) is 16.9 Å². The lowest BCUT2D eigenvalue weighted by Crippen LogP contribution is -2.16. The molecule has 0 spiro atoms. The van der Waals surface area contributed by atoms with E-state index in [0.29, 0.717) is 0 Å². The summed E-state index contributed by atoms with van der Waals surface area (Å²) in [6.45, 7) is 0.873. The largest absolute Gasteiger partial charge is 0.303 e. The predicted molar refractivity (Wildman–Crippen MR) is 89.7 cm³/mol. The molecule has 2 unspecified atom stereocenters. The summed E-state index contributed by atoms with van der Waals surface area (Å²) >= 11 is 0. The molecule has 3 aromatic rings. The SMILES string of the molecule is PC(NCc1ccccc1)c1cccc2ccccc12. The Balaban J connectivity index is 1.80. The average molecular weight is 279 g/mol. The van der Waals surface area contributed by atoms with E-state index < -0.39 is 0 Å². The van der Waals surface area contributed by atoms with Crippen molar-refractivity contribution in [1.29, 1.82) is 0 Å². The van der Waals surface area contributed by atoms with Crippen molar-refractivity contribution in [3.05, 3.63) is 83.9 Å². The van der Waals surface area contributed by atoms with Crippen LogP contribution in [0.3, 0.4) is 0 Å². The lowest BCUT2D eigenvalue weighted by Gasteiger charge is -2.16. The first-order valence-corrected chi connectivity index (χ1v) is 7.52. The number of rotatable bonds is 4. The van der Waals surface area contributed by atoms with Gasteiger partial charge in [-0.2, -0.15) is 0 Å². The summed E-state index contributed by atoms with van der Waals surface area (Å²) in [5.41, 5.74) is 2.63. The van der Waals surface area contributed by atoms with Gasteiger partial charge in [-0.1, -0.05) is 72.8 Å². The summed E-state index contributed by atoms with van der Waals surface area (Å²) in [7, 11) is 2.91. The van der Waals surface area contributed by atoms with Gasteiger partial charge in [-0.15, -0.1) is 9.24 Å². The van der Waals surface area contributed by atoms with Crippen molar-refractivity contribution < 1.29 is 0 Å². The van der Waals surface area contributed by atoms with Crippen molar-refractivity contribution in [3.63, 3.8) is 0 Å². The standard InChI is InChI=1S/C18H18NP/c20-18(19-13-14-7-2-1-3-8-14)17-12-6-10-15-9-4-5-11-16(15)17/h1-12,18-19H,13,20H2. The molecular weight excluding hydrogens is 261 g/mol. The second-order valence-electron chi connectivity index (χ2n) is 4.91. The number of hydrogen-bond acceptors (Lipinski definition) is 1. The van der Waals surface area contributed by atoms with Crippen LogP contribution < -0.4 is 5.32 Å². The molecule has 3 aromatic carbocycles. The molecule has 2 atom stereocenters. The predicted octanol–water partition coefficient (Wildman–Crippen LogP) is 4.50. The van der Waals surface area contributed by atoms with Crippen LogP contribution in [0.5, 0.6) is 0 Å². The summed E-state index contributed by atoms with van der Waals surface area (Å²) in [5, 5.41) is 6.18. The minimum atomic E-state index is 0.251. The second kappa shape index (κ2) is 6.17. The van der Waals surface area contributed by atoms with Gasteiger partial charge in [0.2, 0.25) is 0 Å². The summed E-state index contributed by atoms with van der Waals surface area (Å²) in [6.07, 6.45) is 0. The van der Waals surface area contributed by atoms with E-state index in [9.17, 15) is 0 Å². The summed E-state index contributed by atoms with van der Waals surface area (Å²) in [6, 6.07) is 25.5. The molecule has 0 radical (unpaired) electrons. The van der Waals surface area contributed by atoms with Gasteiger partial charge < -0.3 is 5.32 Å². The van der Waals surface area contributed by atoms with Gasteiger partial charge in [0.05, 0.1) is 0 Å². The fourth-order valence-corrected chi connectivity index (χ4v) is 2.86. The van der Waals surface area contributed by atoms with Crippen LogP contribution in [-0.2, 0) is 6.54 Å². The van der Waals surface area contributed by atoms with Crippen molar-refractivity contribution >= 4 is 20.0 Å². The third kappa shape index (κ3) is 2.90. The van der Waals surface area contributed by atoms with Crippen molar-refractivity contribution in [3.8, 4) is 0 Å². The van der Waals surface area contributed by atoms with E-state index in [2.05, 4.69) is 81.3 Å². The van der Waals surface area contributed by atoms with Crippen molar-refractivity contribution in [2.24, 2.45) is 0 Å². The molecule has 0 saturated carbocycles. The summed E-state index contributed by atoms with van der Waals surface area (Å²) in [4.78, 5) is 0. The Morgan fingerprint density at radius 1 is 0.800 bits per heavy atom. The molecule has 1 nitrogen and oxygen atoms in total. The van der Waals surface area contributed by atoms with Crippen molar-refractivity contribution in [2.75, 3.05) is 0 Å². The quantitative estimate of drug-likeness (QED) is 0.693. The van der Waals surface area contributed by atoms with E-state index in [-0.39, 0.29) is 5.78 Å². The zero-order valence-electron chi connectivity index (χ0n) is 11.3. The first-order chi connectivity index (χ1) is 9.84. The Hall–Kier alpha value is -1.69. The number of benzene rings is 3. The first-order valence-electron chi connectivity index (χ1n) is 6.85. The minimum absolute atomic E-state index is 0.251. The molecule has 0 aromatic heterocycles. The molecule has 0 aliphatic rings. The molecule has 0 aliphatic carbocycles. The minimum Gasteiger partial charge on any atom is -0.303 e. The second-order valence-corrected chi connectivity index (χ2v) is 5.58. The molecule has 0 aliphatic heterocycles. The zero-order chi connectivity index (χ0) is 13.8. The van der Waals surface area contributed by atoms with Gasteiger partial charge >= 0.3 is 0 Å². The van der Waals surface area contributed by atoms with Crippen LogP contribution in [0.2, 0.25) is 0 Å². The van der Waals surface area contributed by atoms with Crippen LogP contribution in [0.25, 0.3) is 10.8 Å². The Morgan fingerprint density at radius 3 is 2.35 bits per heavy atom. The molecule has 0 amide bonds. The third-order valence-corrected chi connectivity index (χ3v) is 4.12. The molecule has 2 heteroatoms. The highest BCUT2D eigenvalue weighted by Crippen LogP contribution is 2.28. The fraction of sp³-hybridized carbons (Fsp3) is 0.111. The molecule has 100 valence electrons. The normalized spacial score (nSPS) is 12.4. The molecule has 0 fully saturated rings. The van der Waals surface area contributed by atoms with Crippen LogP contribution in [0.4, 0.5) is 0 Å². The maximum atomic E-state index is 3.57. The van der Waals surface area contributed by atoms with Crippen LogP contribution in [-0.4, -0.2) is 0 Å². The Morgan fingerprint density at radius 2 is 1.50 bits per heavy atom. The molecule has 3 rings (SSSR count). The maximum Gasteiger partial charge on any atom is 0.0472 e. The van der Waals surface area contributed by atoms with Crippen LogP contribution in [0, 0.1) is 0 Å². The molecular formula is C18H18NP. The highest BCUT2D eigenvalue weighted by atomic mass is 31.0. The molecule has 0 bridgehead atoms. The van der Waals surface area contributed by atoms with E-state index in [0.717, 1.165) is 6.54 Å². The van der Waals surface area contributed by atoms with Gasteiger partial charge in [0.15, 0.2) is 0 Å². The fourth-order valence-electron chi connectivity index (χ4n) is 2.46. The van der Waals surface area contributed by atoms with Gasteiger partial charge in [-0.25, -0.2) is 0 Å². The average Bonchev–Trinajstić information content (AvgIpc) is 2.53. The lowest BCUT2D eigenvalue weighted by atomic mass is 10.0. The lowest BCUT2D eigenvalue weighted by molar-refractivity contribution is 0.681. The number of hydrogen-bond donors (Lipinski definition) is 1. The smallest absolute Gasteiger partial charge is 0.0472 e. The van der Waals surface area contributed by atoms with E-state index in [1.54, 1.807) is 0 Å². The van der Waals surface area contributed by atoms with Gasteiger partial charge in [0.1, 0.15) is 0 Å². The Bertz CT molecular complexity index is 689. The monoisotopic (exact) mass is 279 g/mol. The van der Waals surface area contributed by atoms with Gasteiger partial charge in [0.25, 0.3) is 0 Å². The summed E-state index contributed by atoms with van der Waals surface area (Å²) < 4.78 is 0. The van der Waals surface area contributed by atoms with Crippen LogP contribution >= 0.6 is 9.24 Å². The van der Waals surface area contributed by atoms with E-state index in [4.69, 9.17) is 0 Å². The zero-order valence-corrected chi connectivity index (χ0v) is 12.4. The molecule has 20 heavy (non-hydrogen) atoms. The molecule has 0 heterocycles. The third-order valence-electron chi connectivity index (χ3n) is 3.53. The van der Waals surface area contributed by atoms with Crippen LogP contribution in [0.15, 0.2) is 72.8 Å². The summed E-state index contributed by atoms with van der Waals surface area (Å²) in [5.74, 6) is 0.251. The Labute approximate surface area is 122 Å². The number of fused-ring (bicyclic) bond motifs is 1. The molecule has 0 saturated heterocycles. The molecule has 1 N–H and O–H groups in total. The topological polar surface area (TPSA) is 12.0 Å². The maximum absolute atomic E-state index is 3.57. The Kier molecular flexibility index (Phi) is 4.11. The first kappa shape index (κ1) is 13.3. The highest BCUT2D eigenvalue weighted by molar-refractivity contribution is 7.17. The van der Waals surface area contributed by atoms with E-state index in [1.807, 2.05) is 6.07 Å².